The van der Waals surface area contributed by atoms with Crippen LogP contribution in [0.3, 0.4) is 0 Å². The van der Waals surface area contributed by atoms with Gasteiger partial charge in [0.25, 0.3) is 0 Å². The van der Waals surface area contributed by atoms with E-state index >= 15 is 0 Å². The number of rotatable bonds is 8. The normalized spacial score (nSPS) is 18.8. The first kappa shape index (κ1) is 16.5. The molecule has 118 valence electrons. The fourth-order valence-electron chi connectivity index (χ4n) is 3.13. The molecule has 0 amide bonds. The minimum atomic E-state index is -0.234. The van der Waals surface area contributed by atoms with Crippen molar-refractivity contribution in [3.8, 4) is 0 Å². The van der Waals surface area contributed by atoms with Crippen molar-refractivity contribution in [2.24, 2.45) is 5.92 Å². The number of hydrogen-bond donors (Lipinski definition) is 2. The van der Waals surface area contributed by atoms with Gasteiger partial charge in [-0.05, 0) is 56.8 Å². The van der Waals surface area contributed by atoms with Crippen molar-refractivity contribution >= 4 is 0 Å². The Labute approximate surface area is 129 Å². The second-order valence-corrected chi connectivity index (χ2v) is 6.29. The molecule has 1 aromatic rings. The van der Waals surface area contributed by atoms with E-state index in [4.69, 9.17) is 0 Å². The molecule has 3 nitrogen and oxygen atoms in total. The van der Waals surface area contributed by atoms with Gasteiger partial charge in [-0.1, -0.05) is 37.3 Å². The van der Waals surface area contributed by atoms with Crippen molar-refractivity contribution in [1.82, 2.24) is 10.2 Å². The summed E-state index contributed by atoms with van der Waals surface area (Å²) in [6, 6.07) is 10.8. The highest BCUT2D eigenvalue weighted by Gasteiger charge is 2.20. The van der Waals surface area contributed by atoms with Crippen molar-refractivity contribution in [2.45, 2.75) is 38.7 Å². The van der Waals surface area contributed by atoms with E-state index < -0.39 is 0 Å². The van der Waals surface area contributed by atoms with Gasteiger partial charge in [-0.15, -0.1) is 0 Å². The molecule has 0 saturated carbocycles. The summed E-state index contributed by atoms with van der Waals surface area (Å²) < 4.78 is 0. The zero-order chi connectivity index (χ0) is 14.9. The van der Waals surface area contributed by atoms with Gasteiger partial charge in [0.1, 0.15) is 0 Å². The lowest BCUT2D eigenvalue weighted by Gasteiger charge is -2.33. The van der Waals surface area contributed by atoms with E-state index in [1.54, 1.807) is 0 Å². The SMILES string of the molecule is CCCNCC(O)CN1CCC(Cc2ccccc2)CC1. The van der Waals surface area contributed by atoms with Crippen LogP contribution < -0.4 is 5.32 Å². The summed E-state index contributed by atoms with van der Waals surface area (Å²) in [5, 5.41) is 13.3. The second-order valence-electron chi connectivity index (χ2n) is 6.29. The number of aliphatic hydroxyl groups is 1. The van der Waals surface area contributed by atoms with Crippen LogP contribution in [-0.2, 0) is 6.42 Å². The van der Waals surface area contributed by atoms with Crippen LogP contribution in [0.1, 0.15) is 31.7 Å². The Hall–Kier alpha value is -0.900. The average molecular weight is 290 g/mol. The highest BCUT2D eigenvalue weighted by molar-refractivity contribution is 5.15. The molecule has 2 N–H and O–H groups in total. The predicted molar refractivity (Wildman–Crippen MR) is 88.5 cm³/mol. The molecule has 1 heterocycles. The fraction of sp³-hybridized carbons (Fsp3) is 0.667. The fourth-order valence-corrected chi connectivity index (χ4v) is 3.13. The van der Waals surface area contributed by atoms with Gasteiger partial charge in [0.15, 0.2) is 0 Å². The lowest BCUT2D eigenvalue weighted by atomic mass is 9.90. The smallest absolute Gasteiger partial charge is 0.0791 e. The number of nitrogens with one attached hydrogen (secondary N) is 1. The van der Waals surface area contributed by atoms with Crippen LogP contribution in [0.25, 0.3) is 0 Å². The third kappa shape index (κ3) is 6.16. The molecule has 0 bridgehead atoms. The molecule has 1 aliphatic heterocycles. The highest BCUT2D eigenvalue weighted by Crippen LogP contribution is 2.21. The van der Waals surface area contributed by atoms with Crippen molar-refractivity contribution < 1.29 is 5.11 Å². The Morgan fingerprint density at radius 2 is 1.95 bits per heavy atom. The van der Waals surface area contributed by atoms with Crippen LogP contribution in [0.4, 0.5) is 0 Å². The molecule has 1 aromatic carbocycles. The summed E-state index contributed by atoms with van der Waals surface area (Å²) in [6.07, 6.45) is 4.60. The summed E-state index contributed by atoms with van der Waals surface area (Å²) in [7, 11) is 0. The van der Waals surface area contributed by atoms with Crippen LogP contribution in [0.2, 0.25) is 0 Å². The Kier molecular flexibility index (Phi) is 7.20. The molecule has 0 aromatic heterocycles. The third-order valence-corrected chi connectivity index (χ3v) is 4.35. The Morgan fingerprint density at radius 1 is 1.24 bits per heavy atom. The Morgan fingerprint density at radius 3 is 2.62 bits per heavy atom. The van der Waals surface area contributed by atoms with E-state index in [-0.39, 0.29) is 6.10 Å². The van der Waals surface area contributed by atoms with Crippen LogP contribution in [0.15, 0.2) is 30.3 Å². The van der Waals surface area contributed by atoms with Gasteiger partial charge >= 0.3 is 0 Å². The molecular weight excluding hydrogens is 260 g/mol. The molecule has 2 rings (SSSR count). The highest BCUT2D eigenvalue weighted by atomic mass is 16.3. The molecule has 0 radical (unpaired) electrons. The van der Waals surface area contributed by atoms with Gasteiger partial charge in [-0.2, -0.15) is 0 Å². The lowest BCUT2D eigenvalue weighted by Crippen LogP contribution is -2.42. The number of piperidine rings is 1. The van der Waals surface area contributed by atoms with Gasteiger partial charge in [0.05, 0.1) is 6.10 Å². The number of β-amino-alcohol motifs (C(OH)–C–C–N with tert-alkyl or cyclic N) is 1. The molecular formula is C18H30N2O. The summed E-state index contributed by atoms with van der Waals surface area (Å²) >= 11 is 0. The van der Waals surface area contributed by atoms with Crippen molar-refractivity contribution in [1.29, 1.82) is 0 Å². The first-order valence-corrected chi connectivity index (χ1v) is 8.43. The molecule has 1 saturated heterocycles. The van der Waals surface area contributed by atoms with E-state index in [0.717, 1.165) is 45.1 Å². The minimum Gasteiger partial charge on any atom is -0.390 e. The van der Waals surface area contributed by atoms with Gasteiger partial charge < -0.3 is 15.3 Å². The maximum atomic E-state index is 10.0. The average Bonchev–Trinajstić information content (AvgIpc) is 2.51. The second kappa shape index (κ2) is 9.19. The number of aliphatic hydroxyl groups excluding tert-OH is 1. The van der Waals surface area contributed by atoms with Crippen molar-refractivity contribution in [3.05, 3.63) is 35.9 Å². The summed E-state index contributed by atoms with van der Waals surface area (Å²) in [5.41, 5.74) is 1.46. The van der Waals surface area contributed by atoms with E-state index in [0.29, 0.717) is 0 Å². The van der Waals surface area contributed by atoms with Crippen LogP contribution in [-0.4, -0.2) is 48.8 Å². The topological polar surface area (TPSA) is 35.5 Å². The van der Waals surface area contributed by atoms with Crippen molar-refractivity contribution in [3.63, 3.8) is 0 Å². The molecule has 0 aliphatic carbocycles. The Balaban J connectivity index is 1.64. The zero-order valence-corrected chi connectivity index (χ0v) is 13.3. The summed E-state index contributed by atoms with van der Waals surface area (Å²) in [4.78, 5) is 2.42. The molecule has 1 unspecified atom stereocenters. The minimum absolute atomic E-state index is 0.234. The number of benzene rings is 1. The number of likely N-dealkylation sites (tertiary alicyclic amines) is 1. The van der Waals surface area contributed by atoms with Crippen LogP contribution in [0, 0.1) is 5.92 Å². The van der Waals surface area contributed by atoms with Crippen LogP contribution >= 0.6 is 0 Å². The number of hydrogen-bond acceptors (Lipinski definition) is 3. The van der Waals surface area contributed by atoms with Gasteiger partial charge in [0, 0.05) is 13.1 Å². The predicted octanol–water partition coefficient (Wildman–Crippen LogP) is 2.30. The molecule has 0 spiro atoms. The van der Waals surface area contributed by atoms with E-state index in [1.165, 1.54) is 24.8 Å². The van der Waals surface area contributed by atoms with Gasteiger partial charge in [-0.25, -0.2) is 0 Å². The lowest BCUT2D eigenvalue weighted by molar-refractivity contribution is 0.0888. The molecule has 3 heteroatoms. The first-order valence-electron chi connectivity index (χ1n) is 8.43. The van der Waals surface area contributed by atoms with Gasteiger partial charge in [0.2, 0.25) is 0 Å². The maximum absolute atomic E-state index is 10.0. The largest absolute Gasteiger partial charge is 0.390 e. The Bertz CT molecular complexity index is 374. The van der Waals surface area contributed by atoms with Gasteiger partial charge in [-0.3, -0.25) is 0 Å². The first-order chi connectivity index (χ1) is 10.3. The van der Waals surface area contributed by atoms with E-state index in [1.807, 2.05) is 0 Å². The number of nitrogens with zero attached hydrogens (tertiary/aromatic N) is 1. The molecule has 1 aliphatic rings. The summed E-state index contributed by atoms with van der Waals surface area (Å²) in [6.45, 7) is 6.93. The molecule has 1 fully saturated rings. The zero-order valence-electron chi connectivity index (χ0n) is 13.3. The summed E-state index contributed by atoms with van der Waals surface area (Å²) in [5.74, 6) is 0.805. The maximum Gasteiger partial charge on any atom is 0.0791 e. The van der Waals surface area contributed by atoms with Crippen LogP contribution in [0.5, 0.6) is 0 Å². The quantitative estimate of drug-likeness (QED) is 0.721. The standard InChI is InChI=1S/C18H30N2O/c1-2-10-19-14-18(21)15-20-11-8-17(9-12-20)13-16-6-4-3-5-7-16/h3-7,17-19,21H,2,8-15H2,1H3. The molecule has 21 heavy (non-hydrogen) atoms. The van der Waals surface area contributed by atoms with E-state index in [2.05, 4.69) is 47.5 Å². The van der Waals surface area contributed by atoms with E-state index in [9.17, 15) is 5.11 Å². The van der Waals surface area contributed by atoms with Crippen molar-refractivity contribution in [2.75, 3.05) is 32.7 Å². The molecule has 1 atom stereocenters. The monoisotopic (exact) mass is 290 g/mol. The third-order valence-electron chi connectivity index (χ3n) is 4.35.